The molecule has 1 fully saturated rings. The number of ether oxygens (including phenoxy) is 3. The van der Waals surface area contributed by atoms with Crippen LogP contribution < -0.4 is 5.32 Å². The number of halogens is 1. The van der Waals surface area contributed by atoms with Crippen LogP contribution in [0.2, 0.25) is 5.15 Å². The Morgan fingerprint density at radius 3 is 2.34 bits per heavy atom. The second-order valence-corrected chi connectivity index (χ2v) is 9.57. The van der Waals surface area contributed by atoms with Crippen molar-refractivity contribution in [1.82, 2.24) is 25.2 Å². The van der Waals surface area contributed by atoms with Crippen molar-refractivity contribution < 1.29 is 22.6 Å². The molecule has 1 saturated heterocycles. The van der Waals surface area contributed by atoms with E-state index in [9.17, 15) is 8.42 Å². The molecule has 1 aliphatic heterocycles. The highest BCUT2D eigenvalue weighted by Crippen LogP contribution is 2.21. The van der Waals surface area contributed by atoms with Gasteiger partial charge in [-0.25, -0.2) is 13.1 Å². The van der Waals surface area contributed by atoms with Crippen LogP contribution in [0.3, 0.4) is 0 Å². The quantitative estimate of drug-likeness (QED) is 0.341. The Hall–Kier alpha value is -0.820. The Bertz CT molecular complexity index is 696. The smallest absolute Gasteiger partial charge is 0.152 e. The van der Waals surface area contributed by atoms with E-state index < -0.39 is 9.84 Å². The molecule has 168 valence electrons. The fourth-order valence-corrected chi connectivity index (χ4v) is 3.90. The van der Waals surface area contributed by atoms with Crippen molar-refractivity contribution in [2.75, 3.05) is 72.1 Å². The standard InChI is InChI=1S/C17H32ClN5O5S/c1-3-19-4-6-26-8-10-28-11-9-27-7-5-23-17(18)16(20-21-23)14-22-12-15(13-22)29(2,24)25/h15,19H,3-14H2,1-2H3. The molecule has 12 heteroatoms. The van der Waals surface area contributed by atoms with E-state index in [4.69, 9.17) is 25.8 Å². The molecule has 0 unspecified atom stereocenters. The van der Waals surface area contributed by atoms with Crippen LogP contribution in [0.4, 0.5) is 0 Å². The molecule has 0 radical (unpaired) electrons. The van der Waals surface area contributed by atoms with Gasteiger partial charge in [0.2, 0.25) is 0 Å². The predicted molar refractivity (Wildman–Crippen MR) is 110 cm³/mol. The van der Waals surface area contributed by atoms with E-state index in [1.807, 2.05) is 4.90 Å². The first-order valence-electron chi connectivity index (χ1n) is 9.84. The summed E-state index contributed by atoms with van der Waals surface area (Å²) in [7, 11) is -2.98. The largest absolute Gasteiger partial charge is 0.378 e. The first-order chi connectivity index (χ1) is 13.9. The van der Waals surface area contributed by atoms with Crippen LogP contribution in [0.5, 0.6) is 0 Å². The molecule has 10 nitrogen and oxygen atoms in total. The number of hydrogen-bond donors (Lipinski definition) is 1. The van der Waals surface area contributed by atoms with Crippen molar-refractivity contribution in [3.63, 3.8) is 0 Å². The summed E-state index contributed by atoms with van der Waals surface area (Å²) >= 11 is 6.31. The molecule has 0 bridgehead atoms. The summed E-state index contributed by atoms with van der Waals surface area (Å²) < 4.78 is 40.9. The third-order valence-corrected chi connectivity index (χ3v) is 6.43. The Labute approximate surface area is 177 Å². The van der Waals surface area contributed by atoms with Crippen molar-refractivity contribution in [1.29, 1.82) is 0 Å². The fraction of sp³-hybridized carbons (Fsp3) is 0.882. The summed E-state index contributed by atoms with van der Waals surface area (Å²) in [6.45, 7) is 9.10. The van der Waals surface area contributed by atoms with Crippen LogP contribution in [0.1, 0.15) is 12.6 Å². The maximum Gasteiger partial charge on any atom is 0.152 e. The van der Waals surface area contributed by atoms with Gasteiger partial charge in [-0.2, -0.15) is 0 Å². The van der Waals surface area contributed by atoms with Crippen molar-refractivity contribution in [2.24, 2.45) is 0 Å². The molecule has 2 rings (SSSR count). The van der Waals surface area contributed by atoms with E-state index >= 15 is 0 Å². The van der Waals surface area contributed by atoms with Crippen LogP contribution in [0, 0.1) is 0 Å². The van der Waals surface area contributed by atoms with Gasteiger partial charge < -0.3 is 19.5 Å². The zero-order valence-electron chi connectivity index (χ0n) is 17.2. The van der Waals surface area contributed by atoms with E-state index in [1.54, 1.807) is 4.68 Å². The summed E-state index contributed by atoms with van der Waals surface area (Å²) in [6, 6.07) is 0. The summed E-state index contributed by atoms with van der Waals surface area (Å²) in [5, 5.41) is 11.5. The molecule has 1 N–H and O–H groups in total. The van der Waals surface area contributed by atoms with Crippen molar-refractivity contribution >= 4 is 21.4 Å². The number of likely N-dealkylation sites (N-methyl/N-ethyl adjacent to an activating group) is 1. The number of aromatic nitrogens is 3. The zero-order chi connectivity index (χ0) is 21.1. The van der Waals surface area contributed by atoms with E-state index in [0.29, 0.717) is 76.7 Å². The molecule has 0 amide bonds. The number of sulfone groups is 1. The molecular weight excluding hydrogens is 422 g/mol. The Morgan fingerprint density at radius 2 is 1.72 bits per heavy atom. The lowest BCUT2D eigenvalue weighted by Gasteiger charge is -2.37. The molecule has 0 aromatic carbocycles. The van der Waals surface area contributed by atoms with Gasteiger partial charge in [0, 0.05) is 32.4 Å². The summed E-state index contributed by atoms with van der Waals surface area (Å²) in [5.41, 5.74) is 0.649. The minimum Gasteiger partial charge on any atom is -0.378 e. The highest BCUT2D eigenvalue weighted by molar-refractivity contribution is 7.91. The van der Waals surface area contributed by atoms with Crippen LogP contribution in [0.25, 0.3) is 0 Å². The molecule has 0 saturated carbocycles. The zero-order valence-corrected chi connectivity index (χ0v) is 18.8. The van der Waals surface area contributed by atoms with Crippen LogP contribution in [-0.4, -0.2) is 106 Å². The molecular formula is C17H32ClN5O5S. The maximum atomic E-state index is 11.5. The summed E-state index contributed by atoms with van der Waals surface area (Å²) in [6.07, 6.45) is 1.27. The van der Waals surface area contributed by atoms with Gasteiger partial charge in [0.1, 0.15) is 5.69 Å². The van der Waals surface area contributed by atoms with Gasteiger partial charge in [0.05, 0.1) is 51.4 Å². The maximum absolute atomic E-state index is 11.5. The Balaban J connectivity index is 1.50. The Morgan fingerprint density at radius 1 is 1.10 bits per heavy atom. The lowest BCUT2D eigenvalue weighted by molar-refractivity contribution is 0.0133. The summed E-state index contributed by atoms with van der Waals surface area (Å²) in [5.74, 6) is 0. The molecule has 0 aliphatic carbocycles. The molecule has 1 aliphatic rings. The average Bonchev–Trinajstić information content (AvgIpc) is 2.97. The third-order valence-electron chi connectivity index (χ3n) is 4.51. The van der Waals surface area contributed by atoms with Gasteiger partial charge >= 0.3 is 0 Å². The average molecular weight is 454 g/mol. The van der Waals surface area contributed by atoms with Crippen LogP contribution in [0.15, 0.2) is 0 Å². The number of nitrogens with zero attached hydrogens (tertiary/aromatic N) is 4. The minimum absolute atomic E-state index is 0.295. The lowest BCUT2D eigenvalue weighted by atomic mass is 10.2. The molecule has 1 aromatic rings. The third kappa shape index (κ3) is 8.83. The van der Waals surface area contributed by atoms with Gasteiger partial charge in [-0.15, -0.1) is 5.10 Å². The monoisotopic (exact) mass is 453 g/mol. The first-order valence-corrected chi connectivity index (χ1v) is 12.2. The van der Waals surface area contributed by atoms with Gasteiger partial charge in [0.25, 0.3) is 0 Å². The fourth-order valence-electron chi connectivity index (χ4n) is 2.73. The van der Waals surface area contributed by atoms with Gasteiger partial charge in [-0.1, -0.05) is 23.7 Å². The topological polar surface area (TPSA) is 108 Å². The summed E-state index contributed by atoms with van der Waals surface area (Å²) in [4.78, 5) is 1.99. The minimum atomic E-state index is -2.98. The molecule has 2 heterocycles. The number of likely N-dealkylation sites (tertiary alicyclic amines) is 1. The SMILES string of the molecule is CCNCCOCCOCCOCCn1nnc(CN2CC(S(C)(=O)=O)C2)c1Cl. The Kier molecular flexibility index (Phi) is 10.8. The molecule has 0 spiro atoms. The van der Waals surface area contributed by atoms with Crippen molar-refractivity contribution in [3.05, 3.63) is 10.8 Å². The van der Waals surface area contributed by atoms with Crippen LogP contribution in [-0.2, 0) is 37.1 Å². The van der Waals surface area contributed by atoms with Gasteiger partial charge in [-0.05, 0) is 6.54 Å². The van der Waals surface area contributed by atoms with E-state index in [0.717, 1.165) is 13.1 Å². The highest BCUT2D eigenvalue weighted by Gasteiger charge is 2.35. The number of nitrogens with one attached hydrogen (secondary N) is 1. The van der Waals surface area contributed by atoms with E-state index in [2.05, 4.69) is 22.6 Å². The molecule has 0 atom stereocenters. The number of hydrogen-bond acceptors (Lipinski definition) is 9. The second-order valence-electron chi connectivity index (χ2n) is 6.89. The molecule has 29 heavy (non-hydrogen) atoms. The second kappa shape index (κ2) is 12.8. The normalized spacial score (nSPS) is 15.7. The van der Waals surface area contributed by atoms with E-state index in [-0.39, 0.29) is 5.25 Å². The highest BCUT2D eigenvalue weighted by atomic mass is 35.5. The van der Waals surface area contributed by atoms with Gasteiger partial charge in [-0.3, -0.25) is 4.90 Å². The van der Waals surface area contributed by atoms with Crippen LogP contribution >= 0.6 is 11.6 Å². The predicted octanol–water partition coefficient (Wildman–Crippen LogP) is -0.180. The molecule has 1 aromatic heterocycles. The van der Waals surface area contributed by atoms with E-state index in [1.165, 1.54) is 6.26 Å². The lowest BCUT2D eigenvalue weighted by Crippen LogP contribution is -2.53. The number of rotatable bonds is 16. The first kappa shape index (κ1) is 24.4. The van der Waals surface area contributed by atoms with Crippen molar-refractivity contribution in [2.45, 2.75) is 25.3 Å². The van der Waals surface area contributed by atoms with Gasteiger partial charge in [0.15, 0.2) is 15.0 Å². The van der Waals surface area contributed by atoms with Crippen molar-refractivity contribution in [3.8, 4) is 0 Å².